The van der Waals surface area contributed by atoms with Crippen molar-refractivity contribution in [3.8, 4) is 0 Å². The molecule has 1 radical (unpaired) electrons. The Morgan fingerprint density at radius 1 is 0.923 bits per heavy atom. The van der Waals surface area contributed by atoms with Crippen molar-refractivity contribution in [3.63, 3.8) is 0 Å². The first-order valence-corrected chi connectivity index (χ1v) is 7.23. The first-order chi connectivity index (χ1) is 11.6. The number of carboxylic acids is 2. The van der Waals surface area contributed by atoms with E-state index in [1.165, 1.54) is 16.7 Å². The van der Waals surface area contributed by atoms with E-state index in [0.29, 0.717) is 0 Å². The molecule has 0 rings (SSSR count). The van der Waals surface area contributed by atoms with Gasteiger partial charge in [0.05, 0.1) is 32.7 Å². The van der Waals surface area contributed by atoms with Crippen LogP contribution in [0.15, 0.2) is 0 Å². The Morgan fingerprint density at radius 2 is 1.38 bits per heavy atom. The van der Waals surface area contributed by atoms with Gasteiger partial charge in [0.1, 0.15) is 5.78 Å². The summed E-state index contributed by atoms with van der Waals surface area (Å²) < 4.78 is 4.23. The Labute approximate surface area is 161 Å². The first-order valence-electron chi connectivity index (χ1n) is 7.23. The van der Waals surface area contributed by atoms with Gasteiger partial charge in [-0.05, 0) is 6.92 Å². The van der Waals surface area contributed by atoms with Crippen LogP contribution in [0.4, 0.5) is 0 Å². The van der Waals surface area contributed by atoms with Gasteiger partial charge in [-0.3, -0.25) is 33.8 Å². The molecule has 1 amide bonds. The Hall–Kier alpha value is -2.01. The second-order valence-electron chi connectivity index (χ2n) is 5.20. The third kappa shape index (κ3) is 14.3. The number of ether oxygens (including phenoxy) is 1. The zero-order valence-corrected chi connectivity index (χ0v) is 15.4. The smallest absolute Gasteiger partial charge is 0.639 e. The Bertz CT molecular complexity index is 514. The predicted octanol–water partition coefficient (Wildman–Crippen LogP) is -2.20. The number of aliphatic carboxylic acids is 2. The maximum absolute atomic E-state index is 11.7. The van der Waals surface area contributed by atoms with Crippen LogP contribution in [-0.2, 0) is 45.8 Å². The molecule has 0 bridgehead atoms. The molecule has 0 fully saturated rings. The molecular weight excluding hydrogens is 394 g/mol. The van der Waals surface area contributed by atoms with E-state index in [-0.39, 0.29) is 55.6 Å². The number of carboxylic acid groups (broad SMARTS) is 2. The Morgan fingerprint density at radius 3 is 1.77 bits per heavy atom. The van der Waals surface area contributed by atoms with Gasteiger partial charge in [-0.25, -0.2) is 0 Å². The molecule has 0 saturated carbocycles. The molecule has 0 unspecified atom stereocenters. The van der Waals surface area contributed by atoms with Gasteiger partial charge in [0.15, 0.2) is 0 Å². The molecule has 11 nitrogen and oxygen atoms in total. The van der Waals surface area contributed by atoms with E-state index in [0.717, 1.165) is 0 Å². The number of nitrogens with zero attached hydrogens (tertiary/aromatic N) is 2. The number of rotatable bonds is 13. The van der Waals surface area contributed by atoms with Crippen molar-refractivity contribution in [2.24, 2.45) is 0 Å². The van der Waals surface area contributed by atoms with E-state index < -0.39 is 36.9 Å². The van der Waals surface area contributed by atoms with Crippen molar-refractivity contribution >= 4 is 29.6 Å². The van der Waals surface area contributed by atoms with Crippen LogP contribution in [0.25, 0.3) is 0 Å². The first kappa shape index (κ1) is 26.2. The monoisotopic (exact) mass is 416 g/mol. The summed E-state index contributed by atoms with van der Waals surface area (Å²) in [6.07, 6.45) is 0. The van der Waals surface area contributed by atoms with Gasteiger partial charge in [0.2, 0.25) is 5.91 Å². The fraction of sp³-hybridized carbons (Fsp3) is 0.571. The minimum absolute atomic E-state index is 0. The summed E-state index contributed by atoms with van der Waals surface area (Å²) in [5, 5.41) is 20.1. The van der Waals surface area contributed by atoms with Gasteiger partial charge < -0.3 is 20.3 Å². The summed E-state index contributed by atoms with van der Waals surface area (Å²) >= 11 is 0. The minimum Gasteiger partial charge on any atom is -0.639 e. The summed E-state index contributed by atoms with van der Waals surface area (Å²) in [4.78, 5) is 57.9. The molecule has 0 aromatic heterocycles. The number of Topliss-reactive ketones (excluding diaryl/α,β-unsaturated/α-hetero) is 1. The van der Waals surface area contributed by atoms with E-state index in [4.69, 9.17) is 10.2 Å². The van der Waals surface area contributed by atoms with Crippen LogP contribution in [0.3, 0.4) is 0 Å². The fourth-order valence-corrected chi connectivity index (χ4v) is 1.80. The summed E-state index contributed by atoms with van der Waals surface area (Å²) in [5.41, 5.74) is 0. The molecule has 26 heavy (non-hydrogen) atoms. The van der Waals surface area contributed by atoms with E-state index >= 15 is 0 Å². The minimum atomic E-state index is -1.18. The van der Waals surface area contributed by atoms with Gasteiger partial charge in [-0.1, -0.05) is 0 Å². The molecule has 12 heteroatoms. The van der Waals surface area contributed by atoms with Gasteiger partial charge >= 0.3 is 29.0 Å². The van der Waals surface area contributed by atoms with E-state index in [1.807, 2.05) is 0 Å². The van der Waals surface area contributed by atoms with Crippen molar-refractivity contribution in [2.75, 3.05) is 45.8 Å². The van der Waals surface area contributed by atoms with Crippen LogP contribution in [0.2, 0.25) is 0 Å². The predicted molar refractivity (Wildman–Crippen MR) is 83.3 cm³/mol. The average Bonchev–Trinajstić information content (AvgIpc) is 2.49. The standard InChI is InChI=1S/C14H22N3O8.Fe/c1-10(18)5-15-11(19)6-16(7-12(20)21)3-4-17(8-13(22)23)9-14(24)25-2;/h2-9H2,1H3,(H,15,19)(H,20,21)(H,22,23);/q-1;+3. The van der Waals surface area contributed by atoms with E-state index in [1.54, 1.807) is 0 Å². The Kier molecular flexibility index (Phi) is 14.3. The third-order valence-corrected chi connectivity index (χ3v) is 2.87. The van der Waals surface area contributed by atoms with E-state index in [2.05, 4.69) is 17.2 Å². The quantitative estimate of drug-likeness (QED) is 0.171. The average molecular weight is 416 g/mol. The van der Waals surface area contributed by atoms with Crippen LogP contribution < -0.4 is 5.32 Å². The normalized spacial score (nSPS) is 10.2. The molecule has 0 aromatic rings. The van der Waals surface area contributed by atoms with E-state index in [9.17, 15) is 24.0 Å². The molecule has 0 aromatic carbocycles. The molecule has 0 atom stereocenters. The van der Waals surface area contributed by atoms with Crippen LogP contribution in [-0.4, -0.2) is 95.4 Å². The van der Waals surface area contributed by atoms with Crippen molar-refractivity contribution in [1.29, 1.82) is 0 Å². The zero-order chi connectivity index (χ0) is 19.4. The second-order valence-corrected chi connectivity index (χ2v) is 5.20. The number of hydrogen-bond donors (Lipinski definition) is 3. The topological polar surface area (TPSA) is 154 Å². The number of esters is 1. The van der Waals surface area contributed by atoms with Crippen molar-refractivity contribution in [1.82, 2.24) is 15.1 Å². The summed E-state index contributed by atoms with van der Waals surface area (Å²) in [5.74, 6) is -3.90. The summed E-state index contributed by atoms with van der Waals surface area (Å²) in [6.45, 7) is -0.415. The van der Waals surface area contributed by atoms with Crippen molar-refractivity contribution in [2.45, 2.75) is 6.92 Å². The number of carbonyl (C=O) groups is 5. The molecule has 0 aliphatic carbocycles. The molecule has 0 heterocycles. The summed E-state index contributed by atoms with van der Waals surface area (Å²) in [7, 11) is 2.93. The molecule has 147 valence electrons. The number of carbonyl (C=O) groups excluding carboxylic acids is 3. The zero-order valence-electron chi connectivity index (χ0n) is 14.2. The van der Waals surface area contributed by atoms with Gasteiger partial charge in [-0.2, -0.15) is 7.11 Å². The molecule has 0 aliphatic rings. The number of hydrogen-bond acceptors (Lipinski definition) is 8. The summed E-state index contributed by atoms with van der Waals surface area (Å²) in [6, 6.07) is 0. The van der Waals surface area contributed by atoms with Gasteiger partial charge in [0.25, 0.3) is 5.97 Å². The Balaban J connectivity index is 0. The van der Waals surface area contributed by atoms with Gasteiger partial charge in [-0.15, -0.1) is 0 Å². The number of amides is 1. The maximum Gasteiger partial charge on any atom is 3.00 e. The van der Waals surface area contributed by atoms with Crippen molar-refractivity contribution in [3.05, 3.63) is 7.11 Å². The third-order valence-electron chi connectivity index (χ3n) is 2.87. The molecular formula is C14H22FeN3O8+2. The maximum atomic E-state index is 11.7. The number of ketones is 1. The SMILES string of the molecule is [CH2-]OC(=O)CN(CCN(CC(=O)O)CC(=O)NCC(C)=O)CC(=O)O.[Fe+3]. The number of nitrogens with one attached hydrogen (secondary N) is 1. The second kappa shape index (κ2) is 14.2. The van der Waals surface area contributed by atoms with Crippen LogP contribution in [0, 0.1) is 7.11 Å². The van der Waals surface area contributed by atoms with Crippen LogP contribution in [0.1, 0.15) is 6.92 Å². The molecule has 0 aliphatic heterocycles. The molecule has 0 saturated heterocycles. The molecule has 3 N–H and O–H groups in total. The van der Waals surface area contributed by atoms with Crippen molar-refractivity contribution < 1.29 is 56.0 Å². The van der Waals surface area contributed by atoms with Gasteiger partial charge in [0, 0.05) is 13.1 Å². The van der Waals surface area contributed by atoms with Crippen LogP contribution >= 0.6 is 0 Å². The largest absolute Gasteiger partial charge is 3.00 e. The van der Waals surface area contributed by atoms with Crippen LogP contribution in [0.5, 0.6) is 0 Å². The fourth-order valence-electron chi connectivity index (χ4n) is 1.80. The molecule has 0 spiro atoms.